The normalized spacial score (nSPS) is 18.1. The quantitative estimate of drug-likeness (QED) is 0.599. The average molecular weight is 360 g/mol. The highest BCUT2D eigenvalue weighted by atomic mass is 32.2. The van der Waals surface area contributed by atoms with Crippen molar-refractivity contribution in [2.75, 3.05) is 32.9 Å². The highest BCUT2D eigenvalue weighted by Gasteiger charge is 2.24. The van der Waals surface area contributed by atoms with Crippen LogP contribution in [0.25, 0.3) is 0 Å². The molecule has 0 unspecified atom stereocenters. The molecule has 130 valence electrons. The molecule has 0 saturated carbocycles. The van der Waals surface area contributed by atoms with E-state index in [-0.39, 0.29) is 0 Å². The first-order chi connectivity index (χ1) is 10.9. The molecular formula is C14H25N5O2S2. The molecule has 0 aliphatic carbocycles. The van der Waals surface area contributed by atoms with E-state index in [2.05, 4.69) is 20.6 Å². The lowest BCUT2D eigenvalue weighted by Gasteiger charge is -2.30. The number of hydrogen-bond donors (Lipinski definition) is 2. The Hall–Kier alpha value is -1.19. The van der Waals surface area contributed by atoms with E-state index in [1.54, 1.807) is 22.7 Å². The molecule has 1 saturated heterocycles. The molecule has 2 heterocycles. The first-order valence-corrected chi connectivity index (χ1v) is 10.4. The van der Waals surface area contributed by atoms with Gasteiger partial charge in [0.15, 0.2) is 5.96 Å². The fourth-order valence-electron chi connectivity index (χ4n) is 2.55. The molecule has 1 aromatic heterocycles. The second-order valence-electron chi connectivity index (χ2n) is 5.79. The molecule has 0 amide bonds. The van der Waals surface area contributed by atoms with Crippen LogP contribution in [0.4, 0.5) is 0 Å². The van der Waals surface area contributed by atoms with E-state index in [4.69, 9.17) is 0 Å². The molecule has 9 heteroatoms. The Balaban J connectivity index is 1.72. The van der Waals surface area contributed by atoms with Crippen molar-refractivity contribution in [2.45, 2.75) is 26.3 Å². The first-order valence-electron chi connectivity index (χ1n) is 7.69. The van der Waals surface area contributed by atoms with Gasteiger partial charge in [0.25, 0.3) is 0 Å². The summed E-state index contributed by atoms with van der Waals surface area (Å²) in [6.07, 6.45) is 3.03. The smallest absolute Gasteiger partial charge is 0.211 e. The summed E-state index contributed by atoms with van der Waals surface area (Å²) in [5.41, 5.74) is 1.03. The van der Waals surface area contributed by atoms with Gasteiger partial charge in [-0.3, -0.25) is 4.99 Å². The standard InChI is InChI=1S/C14H25N5O2S2/c1-11-10-22-13(18-11)9-17-14(15-2)16-8-12-4-6-19(7-5-12)23(3,20)21/h10,12H,4-9H2,1-3H3,(H2,15,16,17). The number of piperidine rings is 1. The van der Waals surface area contributed by atoms with Crippen molar-refractivity contribution < 1.29 is 8.42 Å². The van der Waals surface area contributed by atoms with Crippen LogP contribution in [-0.2, 0) is 16.6 Å². The van der Waals surface area contributed by atoms with Crippen molar-refractivity contribution in [1.29, 1.82) is 0 Å². The van der Waals surface area contributed by atoms with Gasteiger partial charge in [0.1, 0.15) is 5.01 Å². The minimum absolute atomic E-state index is 0.466. The molecule has 0 atom stereocenters. The Morgan fingerprint density at radius 2 is 2.13 bits per heavy atom. The highest BCUT2D eigenvalue weighted by Crippen LogP contribution is 2.18. The molecule has 2 N–H and O–H groups in total. The molecule has 0 spiro atoms. The Morgan fingerprint density at radius 1 is 1.43 bits per heavy atom. The van der Waals surface area contributed by atoms with Crippen molar-refractivity contribution in [3.05, 3.63) is 16.1 Å². The zero-order valence-corrected chi connectivity index (χ0v) is 15.5. The molecular weight excluding hydrogens is 334 g/mol. The maximum Gasteiger partial charge on any atom is 0.211 e. The highest BCUT2D eigenvalue weighted by molar-refractivity contribution is 7.88. The van der Waals surface area contributed by atoms with Crippen LogP contribution in [0.1, 0.15) is 23.5 Å². The SMILES string of the molecule is CN=C(NCc1nc(C)cs1)NCC1CCN(S(C)(=O)=O)CC1. The lowest BCUT2D eigenvalue weighted by molar-refractivity contribution is 0.275. The van der Waals surface area contributed by atoms with Crippen LogP contribution in [0.5, 0.6) is 0 Å². The van der Waals surface area contributed by atoms with Gasteiger partial charge in [0.05, 0.1) is 12.8 Å². The molecule has 0 radical (unpaired) electrons. The Morgan fingerprint density at radius 3 is 2.65 bits per heavy atom. The lowest BCUT2D eigenvalue weighted by atomic mass is 9.98. The van der Waals surface area contributed by atoms with Crippen molar-refractivity contribution in [3.63, 3.8) is 0 Å². The van der Waals surface area contributed by atoms with E-state index in [0.717, 1.165) is 36.0 Å². The van der Waals surface area contributed by atoms with Gasteiger partial charge >= 0.3 is 0 Å². The summed E-state index contributed by atoms with van der Waals surface area (Å²) in [5, 5.41) is 9.63. The van der Waals surface area contributed by atoms with Crippen molar-refractivity contribution >= 4 is 27.3 Å². The van der Waals surface area contributed by atoms with E-state index in [9.17, 15) is 8.42 Å². The van der Waals surface area contributed by atoms with Crippen molar-refractivity contribution in [2.24, 2.45) is 10.9 Å². The fourth-order valence-corrected chi connectivity index (χ4v) is 4.14. The molecule has 0 bridgehead atoms. The summed E-state index contributed by atoms with van der Waals surface area (Å²) in [4.78, 5) is 8.62. The molecule has 0 aromatic carbocycles. The minimum atomic E-state index is -3.05. The van der Waals surface area contributed by atoms with E-state index in [1.165, 1.54) is 6.26 Å². The Bertz CT molecular complexity index is 633. The van der Waals surface area contributed by atoms with Gasteiger partial charge in [-0.1, -0.05) is 0 Å². The summed E-state index contributed by atoms with van der Waals surface area (Å²) in [7, 11) is -1.31. The predicted octanol–water partition coefficient (Wildman–Crippen LogP) is 0.788. The summed E-state index contributed by atoms with van der Waals surface area (Å²) in [6, 6.07) is 0. The third kappa shape index (κ3) is 5.74. The average Bonchev–Trinajstić information content (AvgIpc) is 2.92. The maximum absolute atomic E-state index is 11.5. The molecule has 1 aromatic rings. The number of aliphatic imine (C=N–C) groups is 1. The van der Waals surface area contributed by atoms with Crippen LogP contribution in [0, 0.1) is 12.8 Å². The zero-order valence-electron chi connectivity index (χ0n) is 13.9. The lowest BCUT2D eigenvalue weighted by Crippen LogP contribution is -2.43. The molecule has 23 heavy (non-hydrogen) atoms. The number of aromatic nitrogens is 1. The van der Waals surface area contributed by atoms with Crippen LogP contribution in [0.3, 0.4) is 0 Å². The largest absolute Gasteiger partial charge is 0.356 e. The van der Waals surface area contributed by atoms with Gasteiger partial charge in [0, 0.05) is 37.8 Å². The fraction of sp³-hybridized carbons (Fsp3) is 0.714. The van der Waals surface area contributed by atoms with Gasteiger partial charge in [-0.2, -0.15) is 0 Å². The molecule has 1 aliphatic heterocycles. The number of nitrogens with zero attached hydrogens (tertiary/aromatic N) is 3. The van der Waals surface area contributed by atoms with Crippen molar-refractivity contribution in [3.8, 4) is 0 Å². The third-order valence-electron chi connectivity index (χ3n) is 3.90. The van der Waals surface area contributed by atoms with E-state index < -0.39 is 10.0 Å². The van der Waals surface area contributed by atoms with Crippen LogP contribution < -0.4 is 10.6 Å². The number of rotatable bonds is 5. The maximum atomic E-state index is 11.5. The van der Waals surface area contributed by atoms with Crippen molar-refractivity contribution in [1.82, 2.24) is 19.9 Å². The first kappa shape index (κ1) is 18.2. The second-order valence-corrected chi connectivity index (χ2v) is 8.72. The Labute approximate surface area is 142 Å². The van der Waals surface area contributed by atoms with Crippen LogP contribution in [0.15, 0.2) is 10.4 Å². The van der Waals surface area contributed by atoms with Gasteiger partial charge in [-0.05, 0) is 25.7 Å². The number of nitrogens with one attached hydrogen (secondary N) is 2. The third-order valence-corrected chi connectivity index (χ3v) is 6.17. The van der Waals surface area contributed by atoms with Crippen LogP contribution >= 0.6 is 11.3 Å². The Kier molecular flexibility index (Phi) is 6.37. The molecule has 1 aliphatic rings. The summed E-state index contributed by atoms with van der Waals surface area (Å²) >= 11 is 1.63. The minimum Gasteiger partial charge on any atom is -0.356 e. The topological polar surface area (TPSA) is 86.7 Å². The second kappa shape index (κ2) is 8.07. The van der Waals surface area contributed by atoms with Crippen LogP contribution in [0.2, 0.25) is 0 Å². The van der Waals surface area contributed by atoms with Gasteiger partial charge < -0.3 is 10.6 Å². The van der Waals surface area contributed by atoms with Crippen LogP contribution in [-0.4, -0.2) is 56.6 Å². The zero-order chi connectivity index (χ0) is 16.9. The van der Waals surface area contributed by atoms with Gasteiger partial charge in [-0.25, -0.2) is 17.7 Å². The summed E-state index contributed by atoms with van der Waals surface area (Å²) in [5.74, 6) is 1.22. The number of aryl methyl sites for hydroxylation is 1. The van der Waals surface area contributed by atoms with E-state index >= 15 is 0 Å². The summed E-state index contributed by atoms with van der Waals surface area (Å²) < 4.78 is 24.6. The van der Waals surface area contributed by atoms with Gasteiger partial charge in [-0.15, -0.1) is 11.3 Å². The molecule has 1 fully saturated rings. The van der Waals surface area contributed by atoms with E-state index in [1.807, 2.05) is 12.3 Å². The number of thiazole rings is 1. The summed E-state index contributed by atoms with van der Waals surface area (Å²) in [6.45, 7) is 4.65. The monoisotopic (exact) mass is 359 g/mol. The number of sulfonamides is 1. The molecule has 2 rings (SSSR count). The number of hydrogen-bond acceptors (Lipinski definition) is 5. The predicted molar refractivity (Wildman–Crippen MR) is 94.2 cm³/mol. The molecule has 7 nitrogen and oxygen atoms in total. The van der Waals surface area contributed by atoms with Gasteiger partial charge in [0.2, 0.25) is 10.0 Å². The van der Waals surface area contributed by atoms with E-state index in [0.29, 0.717) is 25.6 Å². The number of guanidine groups is 1.